The molecule has 1 amide bonds. The molecule has 36 heavy (non-hydrogen) atoms. The van der Waals surface area contributed by atoms with Gasteiger partial charge in [0, 0.05) is 34.4 Å². The van der Waals surface area contributed by atoms with Crippen molar-refractivity contribution in [2.75, 3.05) is 11.6 Å². The van der Waals surface area contributed by atoms with Gasteiger partial charge in [-0.2, -0.15) is 13.2 Å². The van der Waals surface area contributed by atoms with Crippen LogP contribution in [0, 0.1) is 0 Å². The summed E-state index contributed by atoms with van der Waals surface area (Å²) >= 11 is 9.14. The molecule has 8 nitrogen and oxygen atoms in total. The van der Waals surface area contributed by atoms with Gasteiger partial charge in [-0.1, -0.05) is 11.6 Å². The summed E-state index contributed by atoms with van der Waals surface area (Å²) in [6.07, 6.45) is -0.860. The number of aromatic nitrogens is 3. The Kier molecular flexibility index (Phi) is 7.45. The highest BCUT2D eigenvalue weighted by Crippen LogP contribution is 2.36. The average Bonchev–Trinajstić information content (AvgIpc) is 2.79. The Balaban J connectivity index is 1.55. The van der Waals surface area contributed by atoms with E-state index in [9.17, 15) is 26.4 Å². The molecule has 4 rings (SSSR count). The number of nitrogens with zero attached hydrogens (tertiary/aromatic N) is 4. The summed E-state index contributed by atoms with van der Waals surface area (Å²) < 4.78 is 66.3. The Morgan fingerprint density at radius 1 is 1.14 bits per heavy atom. The first-order valence-corrected chi connectivity index (χ1v) is 13.8. The minimum atomic E-state index is -4.63. The maximum Gasteiger partial charge on any atom is 0.433 e. The summed E-state index contributed by atoms with van der Waals surface area (Å²) in [5.41, 5.74) is -0.712. The van der Waals surface area contributed by atoms with E-state index in [2.05, 4.69) is 36.2 Å². The number of hydrogen-bond donors (Lipinski definition) is 1. The Bertz CT molecular complexity index is 1420. The van der Waals surface area contributed by atoms with Crippen molar-refractivity contribution < 1.29 is 26.4 Å². The molecule has 14 heteroatoms. The molecule has 0 saturated heterocycles. The van der Waals surface area contributed by atoms with E-state index in [-0.39, 0.29) is 27.7 Å². The quantitative estimate of drug-likeness (QED) is 0.394. The van der Waals surface area contributed by atoms with Crippen LogP contribution in [0.15, 0.2) is 41.3 Å². The lowest BCUT2D eigenvalue weighted by Crippen LogP contribution is -2.47. The fourth-order valence-corrected chi connectivity index (χ4v) is 5.92. The Morgan fingerprint density at radius 3 is 2.44 bits per heavy atom. The monoisotopic (exact) mass is 605 g/mol. The molecule has 0 unspecified atom stereocenters. The van der Waals surface area contributed by atoms with E-state index in [0.717, 1.165) is 16.6 Å². The third kappa shape index (κ3) is 5.89. The number of nitrogens with one attached hydrogen (secondary N) is 1. The molecule has 1 aliphatic carbocycles. The highest BCUT2D eigenvalue weighted by Gasteiger charge is 2.37. The number of amides is 1. The van der Waals surface area contributed by atoms with Gasteiger partial charge in [-0.15, -0.1) is 0 Å². The number of rotatable bonds is 5. The maximum absolute atomic E-state index is 13.4. The molecule has 3 aromatic rings. The second-order valence-electron chi connectivity index (χ2n) is 8.44. The van der Waals surface area contributed by atoms with Crippen molar-refractivity contribution in [1.82, 2.24) is 19.3 Å². The van der Waals surface area contributed by atoms with E-state index >= 15 is 0 Å². The van der Waals surface area contributed by atoms with Gasteiger partial charge in [0.2, 0.25) is 10.0 Å². The van der Waals surface area contributed by atoms with E-state index < -0.39 is 33.8 Å². The molecular formula is C22H20BrClF3N5O3S. The summed E-state index contributed by atoms with van der Waals surface area (Å²) in [7, 11) is -3.92. The largest absolute Gasteiger partial charge is 0.433 e. The van der Waals surface area contributed by atoms with Gasteiger partial charge in [-0.25, -0.2) is 27.7 Å². The first-order valence-electron chi connectivity index (χ1n) is 10.8. The molecule has 0 bridgehead atoms. The van der Waals surface area contributed by atoms with E-state index in [1.54, 1.807) is 6.07 Å². The lowest BCUT2D eigenvalue weighted by atomic mass is 9.90. The number of halogens is 5. The zero-order chi connectivity index (χ0) is 26.3. The second kappa shape index (κ2) is 10.1. The lowest BCUT2D eigenvalue weighted by molar-refractivity contribution is -0.140. The first kappa shape index (κ1) is 26.6. The second-order valence-corrected chi connectivity index (χ2v) is 11.4. The van der Waals surface area contributed by atoms with E-state index in [4.69, 9.17) is 11.6 Å². The molecule has 192 valence electrons. The van der Waals surface area contributed by atoms with E-state index in [0.29, 0.717) is 36.1 Å². The zero-order valence-electron chi connectivity index (χ0n) is 18.8. The van der Waals surface area contributed by atoms with Crippen LogP contribution in [0.1, 0.15) is 41.9 Å². The van der Waals surface area contributed by atoms with Crippen LogP contribution < -0.4 is 5.32 Å². The van der Waals surface area contributed by atoms with Crippen molar-refractivity contribution in [3.63, 3.8) is 0 Å². The number of anilines is 1. The molecule has 1 N–H and O–H groups in total. The van der Waals surface area contributed by atoms with Gasteiger partial charge in [0.25, 0.3) is 5.91 Å². The molecule has 1 aliphatic rings. The fourth-order valence-electron chi connectivity index (χ4n) is 4.29. The lowest BCUT2D eigenvalue weighted by Gasteiger charge is -2.36. The Labute approximate surface area is 218 Å². The third-order valence-electron chi connectivity index (χ3n) is 5.85. The van der Waals surface area contributed by atoms with Crippen LogP contribution in [0.4, 0.5) is 18.9 Å². The van der Waals surface area contributed by atoms with Crippen LogP contribution in [0.5, 0.6) is 0 Å². The summed E-state index contributed by atoms with van der Waals surface area (Å²) in [4.78, 5) is 24.5. The van der Waals surface area contributed by atoms with Crippen LogP contribution in [0.2, 0.25) is 5.02 Å². The van der Waals surface area contributed by atoms with E-state index in [1.165, 1.54) is 24.4 Å². The van der Waals surface area contributed by atoms with Crippen molar-refractivity contribution in [3.05, 3.63) is 57.7 Å². The van der Waals surface area contributed by atoms with Gasteiger partial charge in [0.1, 0.15) is 11.4 Å². The molecule has 1 fully saturated rings. The van der Waals surface area contributed by atoms with Crippen LogP contribution in [0.3, 0.4) is 0 Å². The van der Waals surface area contributed by atoms with Crippen molar-refractivity contribution >= 4 is 60.1 Å². The highest BCUT2D eigenvalue weighted by atomic mass is 79.9. The first-order chi connectivity index (χ1) is 16.8. The van der Waals surface area contributed by atoms with Crippen molar-refractivity contribution in [2.24, 2.45) is 0 Å². The minimum absolute atomic E-state index is 0.0673. The summed E-state index contributed by atoms with van der Waals surface area (Å²) in [5.74, 6) is -0.762. The standard InChI is InChI=1S/C22H20BrClF3N5O3S/c1-36(34,35)32(20(33)17-8-9-28-21(23)31-17)14-5-3-13(4-6-14)29-18-11-19(22(25,26)27)30-16-7-2-12(24)10-15(16)18/h2,7-11,13-14H,3-6H2,1H3,(H,29,30). The van der Waals surface area contributed by atoms with Crippen LogP contribution in [-0.2, 0) is 16.2 Å². The Morgan fingerprint density at radius 2 is 1.83 bits per heavy atom. The van der Waals surface area contributed by atoms with Crippen LogP contribution in [0.25, 0.3) is 10.9 Å². The topological polar surface area (TPSA) is 105 Å². The average molecular weight is 607 g/mol. The minimum Gasteiger partial charge on any atom is -0.382 e. The van der Waals surface area contributed by atoms with Gasteiger partial charge in [0.15, 0.2) is 4.73 Å². The molecule has 0 aliphatic heterocycles. The van der Waals surface area contributed by atoms with E-state index in [1.807, 2.05) is 0 Å². The van der Waals surface area contributed by atoms with Gasteiger partial charge in [0.05, 0.1) is 11.8 Å². The highest BCUT2D eigenvalue weighted by molar-refractivity contribution is 9.10. The predicted molar refractivity (Wildman–Crippen MR) is 132 cm³/mol. The summed E-state index contributed by atoms with van der Waals surface area (Å²) in [6.45, 7) is 0. The van der Waals surface area contributed by atoms with Crippen molar-refractivity contribution in [3.8, 4) is 0 Å². The SMILES string of the molecule is CS(=O)(=O)N(C(=O)c1ccnc(Br)n1)C1CCC(Nc2cc(C(F)(F)F)nc3ccc(Cl)cc23)CC1. The number of alkyl halides is 3. The molecule has 1 saturated carbocycles. The molecular weight excluding hydrogens is 587 g/mol. The smallest absolute Gasteiger partial charge is 0.382 e. The maximum atomic E-state index is 13.4. The number of benzene rings is 1. The van der Waals surface area contributed by atoms with Crippen molar-refractivity contribution in [1.29, 1.82) is 0 Å². The molecule has 0 radical (unpaired) electrons. The fraction of sp³-hybridized carbons (Fsp3) is 0.364. The summed E-state index contributed by atoms with van der Waals surface area (Å²) in [5, 5.41) is 3.95. The number of pyridine rings is 1. The number of hydrogen-bond acceptors (Lipinski definition) is 7. The van der Waals surface area contributed by atoms with Gasteiger partial charge < -0.3 is 5.32 Å². The molecule has 2 heterocycles. The number of sulfonamides is 1. The zero-order valence-corrected chi connectivity index (χ0v) is 21.9. The number of carbonyl (C=O) groups is 1. The normalized spacial score (nSPS) is 18.7. The van der Waals surface area contributed by atoms with Gasteiger partial charge in [-0.3, -0.25) is 4.79 Å². The van der Waals surface area contributed by atoms with Crippen LogP contribution in [-0.4, -0.2) is 51.9 Å². The number of carbonyl (C=O) groups excluding carboxylic acids is 1. The predicted octanol–water partition coefficient (Wildman–Crippen LogP) is 5.28. The van der Waals surface area contributed by atoms with Crippen molar-refractivity contribution in [2.45, 2.75) is 43.9 Å². The molecule has 2 aromatic heterocycles. The number of fused-ring (bicyclic) bond motifs is 1. The summed E-state index contributed by atoms with van der Waals surface area (Å²) in [6, 6.07) is 5.85. The van der Waals surface area contributed by atoms with Crippen LogP contribution >= 0.6 is 27.5 Å². The van der Waals surface area contributed by atoms with Gasteiger partial charge >= 0.3 is 6.18 Å². The Hall–Kier alpha value is -2.51. The van der Waals surface area contributed by atoms with Gasteiger partial charge in [-0.05, 0) is 71.9 Å². The molecule has 0 spiro atoms. The molecule has 0 atom stereocenters. The third-order valence-corrected chi connectivity index (χ3v) is 7.65. The molecule has 1 aromatic carbocycles.